The number of nitrogens with zero attached hydrogens (tertiary/aromatic N) is 1. The third kappa shape index (κ3) is 5.78. The van der Waals surface area contributed by atoms with Crippen LogP contribution in [0.3, 0.4) is 0 Å². The van der Waals surface area contributed by atoms with Gasteiger partial charge in [-0.15, -0.1) is 13.2 Å². The molecular formula is C16H17F3N2O2. The summed E-state index contributed by atoms with van der Waals surface area (Å²) in [4.78, 5) is 3.87. The molecule has 0 fully saturated rings. The van der Waals surface area contributed by atoms with Gasteiger partial charge in [-0.3, -0.25) is 0 Å². The van der Waals surface area contributed by atoms with Crippen molar-refractivity contribution in [1.29, 1.82) is 0 Å². The second kappa shape index (κ2) is 7.32. The molecule has 0 spiro atoms. The molecule has 124 valence electrons. The van der Waals surface area contributed by atoms with Gasteiger partial charge in [0.05, 0.1) is 12.3 Å². The summed E-state index contributed by atoms with van der Waals surface area (Å²) in [5, 5.41) is 13.2. The summed E-state index contributed by atoms with van der Waals surface area (Å²) in [5.74, 6) is 0.0345. The van der Waals surface area contributed by atoms with E-state index in [1.807, 2.05) is 37.3 Å². The van der Waals surface area contributed by atoms with E-state index in [9.17, 15) is 18.3 Å². The molecule has 0 bridgehead atoms. The lowest BCUT2D eigenvalue weighted by atomic mass is 10.0. The number of benzene rings is 1. The number of ether oxygens (including phenoxy) is 1. The Kier molecular flexibility index (Phi) is 5.44. The van der Waals surface area contributed by atoms with Crippen LogP contribution in [-0.2, 0) is 0 Å². The molecule has 2 unspecified atom stereocenters. The summed E-state index contributed by atoms with van der Waals surface area (Å²) >= 11 is 0. The zero-order valence-electron chi connectivity index (χ0n) is 12.4. The lowest BCUT2D eigenvalue weighted by Crippen LogP contribution is -2.20. The first-order valence-corrected chi connectivity index (χ1v) is 7.05. The van der Waals surface area contributed by atoms with Gasteiger partial charge in [-0.05, 0) is 31.0 Å². The highest BCUT2D eigenvalue weighted by Gasteiger charge is 2.31. The van der Waals surface area contributed by atoms with Crippen LogP contribution < -0.4 is 10.1 Å². The minimum Gasteiger partial charge on any atom is -0.404 e. The van der Waals surface area contributed by atoms with Crippen LogP contribution in [0.5, 0.6) is 5.75 Å². The first-order valence-electron chi connectivity index (χ1n) is 7.05. The van der Waals surface area contributed by atoms with Crippen LogP contribution in [0.4, 0.5) is 19.0 Å². The van der Waals surface area contributed by atoms with Crippen LogP contribution in [0.2, 0.25) is 0 Å². The van der Waals surface area contributed by atoms with Gasteiger partial charge in [-0.25, -0.2) is 4.98 Å². The predicted molar refractivity (Wildman–Crippen MR) is 80.0 cm³/mol. The van der Waals surface area contributed by atoms with E-state index in [1.165, 1.54) is 12.1 Å². The summed E-state index contributed by atoms with van der Waals surface area (Å²) in [6, 6.07) is 11.7. The molecule has 2 N–H and O–H groups in total. The fraction of sp³-hybridized carbons (Fsp3) is 0.312. The number of halogens is 3. The molecule has 0 saturated heterocycles. The Hall–Kier alpha value is -2.28. The van der Waals surface area contributed by atoms with Gasteiger partial charge < -0.3 is 15.2 Å². The smallest absolute Gasteiger partial charge is 0.404 e. The van der Waals surface area contributed by atoms with E-state index >= 15 is 0 Å². The summed E-state index contributed by atoms with van der Waals surface area (Å²) in [7, 11) is 0. The third-order valence-electron chi connectivity index (χ3n) is 3.13. The molecule has 1 heterocycles. The van der Waals surface area contributed by atoms with Crippen molar-refractivity contribution < 1.29 is 23.0 Å². The van der Waals surface area contributed by atoms with Crippen molar-refractivity contribution >= 4 is 5.82 Å². The Labute approximate surface area is 131 Å². The number of hydrogen-bond acceptors (Lipinski definition) is 4. The van der Waals surface area contributed by atoms with Crippen molar-refractivity contribution in [3.05, 3.63) is 54.2 Å². The van der Waals surface area contributed by atoms with Crippen molar-refractivity contribution in [3.63, 3.8) is 0 Å². The maximum Gasteiger partial charge on any atom is 0.573 e. The molecule has 2 atom stereocenters. The van der Waals surface area contributed by atoms with Crippen molar-refractivity contribution in [1.82, 2.24) is 4.98 Å². The van der Waals surface area contributed by atoms with Crippen LogP contribution in [0.1, 0.15) is 25.0 Å². The molecular weight excluding hydrogens is 309 g/mol. The number of aliphatic hydroxyl groups excluding tert-OH is 1. The van der Waals surface area contributed by atoms with Crippen molar-refractivity contribution in [3.8, 4) is 5.75 Å². The Morgan fingerprint density at radius 3 is 2.43 bits per heavy atom. The molecule has 0 aliphatic rings. The molecule has 0 amide bonds. The van der Waals surface area contributed by atoms with E-state index in [-0.39, 0.29) is 11.8 Å². The molecule has 2 rings (SSSR count). The zero-order valence-corrected chi connectivity index (χ0v) is 12.4. The molecule has 1 aromatic carbocycles. The normalized spacial score (nSPS) is 14.1. The monoisotopic (exact) mass is 326 g/mol. The topological polar surface area (TPSA) is 54.4 Å². The maximum atomic E-state index is 12.1. The maximum absolute atomic E-state index is 12.1. The largest absolute Gasteiger partial charge is 0.573 e. The van der Waals surface area contributed by atoms with Crippen LogP contribution in [0, 0.1) is 0 Å². The second-order valence-electron chi connectivity index (χ2n) is 5.13. The Morgan fingerprint density at radius 1 is 1.17 bits per heavy atom. The molecule has 1 aromatic heterocycles. The van der Waals surface area contributed by atoms with Gasteiger partial charge in [-0.1, -0.05) is 30.3 Å². The van der Waals surface area contributed by atoms with Gasteiger partial charge >= 0.3 is 6.36 Å². The summed E-state index contributed by atoms with van der Waals surface area (Å²) < 4.78 is 39.9. The summed E-state index contributed by atoms with van der Waals surface area (Å²) in [5.41, 5.74) is 0.808. The van der Waals surface area contributed by atoms with Gasteiger partial charge in [0.1, 0.15) is 11.6 Å². The lowest BCUT2D eigenvalue weighted by molar-refractivity contribution is -0.274. The molecule has 2 aromatic rings. The van der Waals surface area contributed by atoms with E-state index in [2.05, 4.69) is 15.0 Å². The Balaban J connectivity index is 1.89. The fourth-order valence-corrected chi connectivity index (χ4v) is 2.12. The fourth-order valence-electron chi connectivity index (χ4n) is 2.12. The van der Waals surface area contributed by atoms with Crippen molar-refractivity contribution in [2.45, 2.75) is 31.9 Å². The first kappa shape index (κ1) is 17.1. The van der Waals surface area contributed by atoms with Crippen LogP contribution in [-0.4, -0.2) is 22.5 Å². The van der Waals surface area contributed by atoms with Gasteiger partial charge in [0.15, 0.2) is 0 Å². The van der Waals surface area contributed by atoms with Crippen molar-refractivity contribution in [2.24, 2.45) is 0 Å². The molecule has 0 saturated carbocycles. The SMILES string of the molecule is CC(CC(O)c1ccccc1)Nc1ccc(OC(F)(F)F)cn1. The quantitative estimate of drug-likeness (QED) is 0.845. The second-order valence-corrected chi connectivity index (χ2v) is 5.13. The lowest BCUT2D eigenvalue weighted by Gasteiger charge is -2.19. The number of pyridine rings is 1. The van der Waals surface area contributed by atoms with Gasteiger partial charge in [-0.2, -0.15) is 0 Å². The average Bonchev–Trinajstić information content (AvgIpc) is 2.48. The van der Waals surface area contributed by atoms with E-state index in [0.29, 0.717) is 12.2 Å². The molecule has 0 radical (unpaired) electrons. The zero-order chi connectivity index (χ0) is 16.9. The van der Waals surface area contributed by atoms with Gasteiger partial charge in [0.2, 0.25) is 0 Å². The predicted octanol–water partition coefficient (Wildman–Crippen LogP) is 3.90. The van der Waals surface area contributed by atoms with Gasteiger partial charge in [0.25, 0.3) is 0 Å². The molecule has 0 aliphatic carbocycles. The van der Waals surface area contributed by atoms with E-state index in [0.717, 1.165) is 11.8 Å². The number of hydrogen-bond donors (Lipinski definition) is 2. The average molecular weight is 326 g/mol. The Morgan fingerprint density at radius 2 is 1.87 bits per heavy atom. The van der Waals surface area contributed by atoms with E-state index in [4.69, 9.17) is 0 Å². The van der Waals surface area contributed by atoms with E-state index < -0.39 is 12.5 Å². The molecule has 7 heteroatoms. The van der Waals surface area contributed by atoms with Crippen molar-refractivity contribution in [2.75, 3.05) is 5.32 Å². The number of nitrogens with one attached hydrogen (secondary N) is 1. The first-order chi connectivity index (χ1) is 10.8. The number of aliphatic hydroxyl groups is 1. The van der Waals surface area contributed by atoms with E-state index in [1.54, 1.807) is 0 Å². The highest BCUT2D eigenvalue weighted by atomic mass is 19.4. The number of alkyl halides is 3. The number of aromatic nitrogens is 1. The van der Waals surface area contributed by atoms with Crippen LogP contribution >= 0.6 is 0 Å². The van der Waals surface area contributed by atoms with Crippen LogP contribution in [0.15, 0.2) is 48.7 Å². The summed E-state index contributed by atoms with van der Waals surface area (Å²) in [6.45, 7) is 1.86. The van der Waals surface area contributed by atoms with Gasteiger partial charge in [0, 0.05) is 6.04 Å². The molecule has 0 aliphatic heterocycles. The third-order valence-corrected chi connectivity index (χ3v) is 3.13. The minimum atomic E-state index is -4.73. The minimum absolute atomic E-state index is 0.118. The highest BCUT2D eigenvalue weighted by Crippen LogP contribution is 2.23. The highest BCUT2D eigenvalue weighted by molar-refractivity contribution is 5.38. The number of rotatable bonds is 6. The van der Waals surface area contributed by atoms with Crippen LogP contribution in [0.25, 0.3) is 0 Å². The summed E-state index contributed by atoms with van der Waals surface area (Å²) in [6.07, 6.45) is -3.93. The molecule has 23 heavy (non-hydrogen) atoms. The number of anilines is 1. The molecule has 4 nitrogen and oxygen atoms in total. The standard InChI is InChI=1S/C16H17F3N2O2/c1-11(9-14(22)12-5-3-2-4-6-12)21-15-8-7-13(10-20-15)23-16(17,18)19/h2-8,10-11,14,22H,9H2,1H3,(H,20,21). The Bertz CT molecular complexity index is 603.